The Balaban J connectivity index is 2.11. The second kappa shape index (κ2) is 14.4. The van der Waals surface area contributed by atoms with Crippen molar-refractivity contribution in [1.82, 2.24) is 31.2 Å². The van der Waals surface area contributed by atoms with Crippen molar-refractivity contribution in [3.63, 3.8) is 0 Å². The number of carbonyl (C=O) groups excluding carboxylic acids is 3. The van der Waals surface area contributed by atoms with Gasteiger partial charge in [-0.1, -0.05) is 20.3 Å². The number of nitrogens with two attached hydrogens (primary N) is 1. The summed E-state index contributed by atoms with van der Waals surface area (Å²) < 4.78 is 0. The van der Waals surface area contributed by atoms with Crippen LogP contribution in [0.25, 0.3) is 0 Å². The molecule has 5 atom stereocenters. The first-order valence-electron chi connectivity index (χ1n) is 12.3. The van der Waals surface area contributed by atoms with Gasteiger partial charge in [-0.3, -0.25) is 14.4 Å². The van der Waals surface area contributed by atoms with Crippen LogP contribution in [0.4, 0.5) is 0 Å². The third kappa shape index (κ3) is 8.95. The first kappa shape index (κ1) is 28.2. The molecule has 0 aromatic carbocycles. The normalized spacial score (nSPS) is 18.8. The molecular weight excluding hydrogens is 454 g/mol. The van der Waals surface area contributed by atoms with E-state index in [1.54, 1.807) is 0 Å². The van der Waals surface area contributed by atoms with Gasteiger partial charge >= 0.3 is 5.97 Å². The number of nitrogens with zero attached hydrogens (tertiary/aromatic N) is 1. The lowest BCUT2D eigenvalue weighted by atomic mass is 9.97. The first-order valence-corrected chi connectivity index (χ1v) is 12.3. The molecule has 1 saturated heterocycles. The van der Waals surface area contributed by atoms with Crippen LogP contribution in [0.5, 0.6) is 0 Å². The number of nitrogens with one attached hydrogen (secondary N) is 5. The van der Waals surface area contributed by atoms with Gasteiger partial charge in [0, 0.05) is 18.3 Å². The molecular formula is C23H39N7O5. The lowest BCUT2D eigenvalue weighted by molar-refractivity contribution is -0.142. The Bertz CT molecular complexity index is 826. The molecule has 1 aliphatic heterocycles. The molecule has 0 bridgehead atoms. The highest BCUT2D eigenvalue weighted by molar-refractivity contribution is 5.94. The van der Waals surface area contributed by atoms with Crippen LogP contribution in [-0.4, -0.2) is 76.0 Å². The smallest absolute Gasteiger partial charge is 0.326 e. The fourth-order valence-electron chi connectivity index (χ4n) is 3.98. The van der Waals surface area contributed by atoms with Gasteiger partial charge in [0.15, 0.2) is 0 Å². The molecule has 1 aromatic rings. The lowest BCUT2D eigenvalue weighted by Gasteiger charge is -2.28. The zero-order chi connectivity index (χ0) is 25.8. The topological polar surface area (TPSA) is 191 Å². The summed E-state index contributed by atoms with van der Waals surface area (Å²) >= 11 is 0. The van der Waals surface area contributed by atoms with Crippen molar-refractivity contribution < 1.29 is 24.3 Å². The Morgan fingerprint density at radius 1 is 1.17 bits per heavy atom. The Morgan fingerprint density at radius 3 is 2.49 bits per heavy atom. The summed E-state index contributed by atoms with van der Waals surface area (Å²) in [7, 11) is 0. The predicted octanol–water partition coefficient (Wildman–Crippen LogP) is -0.582. The fraction of sp³-hybridized carbons (Fsp3) is 0.696. The summed E-state index contributed by atoms with van der Waals surface area (Å²) in [4.78, 5) is 57.4. The maximum Gasteiger partial charge on any atom is 0.326 e. The van der Waals surface area contributed by atoms with Crippen molar-refractivity contribution in [3.05, 3.63) is 18.2 Å². The van der Waals surface area contributed by atoms with E-state index in [9.17, 15) is 24.3 Å². The van der Waals surface area contributed by atoms with Gasteiger partial charge in [-0.25, -0.2) is 9.78 Å². The maximum atomic E-state index is 13.2. The Morgan fingerprint density at radius 2 is 1.91 bits per heavy atom. The van der Waals surface area contributed by atoms with E-state index in [1.807, 2.05) is 13.8 Å². The average Bonchev–Trinajstić information content (AvgIpc) is 3.55. The third-order valence-electron chi connectivity index (χ3n) is 6.34. The van der Waals surface area contributed by atoms with E-state index in [-0.39, 0.29) is 30.7 Å². The van der Waals surface area contributed by atoms with Crippen LogP contribution < -0.4 is 27.0 Å². The van der Waals surface area contributed by atoms with Crippen molar-refractivity contribution in [1.29, 1.82) is 0 Å². The summed E-state index contributed by atoms with van der Waals surface area (Å²) in [6.45, 7) is 4.97. The zero-order valence-corrected chi connectivity index (χ0v) is 20.5. The number of rotatable bonds is 15. The molecule has 0 spiro atoms. The van der Waals surface area contributed by atoms with Gasteiger partial charge in [0.1, 0.15) is 18.1 Å². The number of carboxylic acid groups (broad SMARTS) is 1. The summed E-state index contributed by atoms with van der Waals surface area (Å²) in [5, 5.41) is 20.8. The summed E-state index contributed by atoms with van der Waals surface area (Å²) in [6.07, 6.45) is 6.68. The molecule has 3 amide bonds. The van der Waals surface area contributed by atoms with Crippen LogP contribution in [0.3, 0.4) is 0 Å². The number of aromatic nitrogens is 2. The van der Waals surface area contributed by atoms with Crippen LogP contribution in [-0.2, 0) is 25.6 Å². The standard InChI is InChI=1S/C23H39N7O5/c1-3-14(2)19(30-20(31)16-8-6-10-26-16)22(33)28-17(7-4-5-9-24)21(32)29-18(23(34)35)11-15-12-25-13-27-15/h12-14,16-19,26H,3-11,24H2,1-2H3,(H,25,27)(H,28,33)(H,29,32)(H,30,31)(H,34,35). The van der Waals surface area contributed by atoms with Crippen molar-refractivity contribution in [2.75, 3.05) is 13.1 Å². The minimum atomic E-state index is -1.20. The zero-order valence-electron chi connectivity index (χ0n) is 20.5. The molecule has 1 aromatic heterocycles. The molecule has 0 radical (unpaired) electrons. The Hall–Kier alpha value is -2.99. The number of carbonyl (C=O) groups is 4. The Labute approximate surface area is 205 Å². The molecule has 35 heavy (non-hydrogen) atoms. The van der Waals surface area contributed by atoms with E-state index in [0.717, 1.165) is 13.0 Å². The first-order chi connectivity index (χ1) is 16.8. The van der Waals surface area contributed by atoms with E-state index in [2.05, 4.69) is 31.2 Å². The molecule has 5 unspecified atom stereocenters. The number of H-pyrrole nitrogens is 1. The molecule has 2 heterocycles. The number of amides is 3. The van der Waals surface area contributed by atoms with Crippen molar-refractivity contribution in [3.8, 4) is 0 Å². The molecule has 1 fully saturated rings. The van der Waals surface area contributed by atoms with E-state index in [1.165, 1.54) is 12.5 Å². The fourth-order valence-corrected chi connectivity index (χ4v) is 3.98. The number of aromatic amines is 1. The molecule has 1 aliphatic rings. The van der Waals surface area contributed by atoms with Gasteiger partial charge in [-0.2, -0.15) is 0 Å². The molecule has 0 saturated carbocycles. The second-order valence-electron chi connectivity index (χ2n) is 9.05. The number of carboxylic acids is 1. The van der Waals surface area contributed by atoms with Gasteiger partial charge in [-0.15, -0.1) is 0 Å². The van der Waals surface area contributed by atoms with E-state index >= 15 is 0 Å². The molecule has 12 nitrogen and oxygen atoms in total. The van der Waals surface area contributed by atoms with Gasteiger partial charge in [0.05, 0.1) is 12.4 Å². The van der Waals surface area contributed by atoms with Crippen molar-refractivity contribution in [2.24, 2.45) is 11.7 Å². The lowest BCUT2D eigenvalue weighted by Crippen LogP contribution is -2.58. The average molecular weight is 494 g/mol. The van der Waals surface area contributed by atoms with Gasteiger partial charge in [0.2, 0.25) is 17.7 Å². The molecule has 2 rings (SSSR count). The quantitative estimate of drug-likeness (QED) is 0.158. The maximum absolute atomic E-state index is 13.2. The monoisotopic (exact) mass is 493 g/mol. The highest BCUT2D eigenvalue weighted by atomic mass is 16.4. The number of hydrogen-bond donors (Lipinski definition) is 7. The minimum Gasteiger partial charge on any atom is -0.480 e. The Kier molecular flexibility index (Phi) is 11.6. The SMILES string of the molecule is CCC(C)C(NC(=O)C1CCCN1)C(=O)NC(CCCCN)C(=O)NC(Cc1cnc[nH]1)C(=O)O. The van der Waals surface area contributed by atoms with Crippen molar-refractivity contribution in [2.45, 2.75) is 83.0 Å². The molecule has 0 aliphatic carbocycles. The van der Waals surface area contributed by atoms with Crippen LogP contribution in [0, 0.1) is 5.92 Å². The highest BCUT2D eigenvalue weighted by Gasteiger charge is 2.33. The highest BCUT2D eigenvalue weighted by Crippen LogP contribution is 2.12. The summed E-state index contributed by atoms with van der Waals surface area (Å²) in [5.41, 5.74) is 6.14. The molecule has 12 heteroatoms. The number of hydrogen-bond acceptors (Lipinski definition) is 7. The number of unbranched alkanes of at least 4 members (excludes halogenated alkanes) is 1. The van der Waals surface area contributed by atoms with E-state index in [0.29, 0.717) is 37.9 Å². The second-order valence-corrected chi connectivity index (χ2v) is 9.05. The molecule has 8 N–H and O–H groups in total. The van der Waals surface area contributed by atoms with Gasteiger partial charge in [0.25, 0.3) is 0 Å². The number of aliphatic carboxylic acids is 1. The molecule has 196 valence electrons. The number of imidazole rings is 1. The largest absolute Gasteiger partial charge is 0.480 e. The minimum absolute atomic E-state index is 0.0183. The van der Waals surface area contributed by atoms with Gasteiger partial charge < -0.3 is 37.1 Å². The van der Waals surface area contributed by atoms with Crippen LogP contribution in [0.1, 0.15) is 58.1 Å². The summed E-state index contributed by atoms with van der Waals surface area (Å²) in [5.74, 6) is -2.68. The van der Waals surface area contributed by atoms with Crippen LogP contribution >= 0.6 is 0 Å². The van der Waals surface area contributed by atoms with Gasteiger partial charge in [-0.05, 0) is 51.1 Å². The van der Waals surface area contributed by atoms with E-state index < -0.39 is 35.9 Å². The predicted molar refractivity (Wildman–Crippen MR) is 129 cm³/mol. The third-order valence-corrected chi connectivity index (χ3v) is 6.34. The van der Waals surface area contributed by atoms with Crippen molar-refractivity contribution >= 4 is 23.7 Å². The van der Waals surface area contributed by atoms with E-state index in [4.69, 9.17) is 5.73 Å². The van der Waals surface area contributed by atoms with Crippen LogP contribution in [0.15, 0.2) is 12.5 Å². The van der Waals surface area contributed by atoms with Crippen LogP contribution in [0.2, 0.25) is 0 Å². The summed E-state index contributed by atoms with van der Waals surface area (Å²) in [6, 6.07) is -3.32.